The third kappa shape index (κ3) is 2.70. The van der Waals surface area contributed by atoms with E-state index in [-0.39, 0.29) is 0 Å². The molecule has 1 aliphatic carbocycles. The quantitative estimate of drug-likeness (QED) is 0.897. The fourth-order valence-electron chi connectivity index (χ4n) is 3.82. The minimum atomic E-state index is 0.777. The Morgan fingerprint density at radius 3 is 3.00 bits per heavy atom. The summed E-state index contributed by atoms with van der Waals surface area (Å²) in [6.45, 7) is 4.27. The van der Waals surface area contributed by atoms with E-state index < -0.39 is 0 Å². The summed E-state index contributed by atoms with van der Waals surface area (Å²) in [4.78, 5) is 7.04. The zero-order valence-electron chi connectivity index (χ0n) is 11.9. The molecule has 1 aromatic rings. The van der Waals surface area contributed by atoms with Gasteiger partial charge in [-0.15, -0.1) is 0 Å². The normalized spacial score (nSPS) is 26.9. The van der Waals surface area contributed by atoms with Gasteiger partial charge in [-0.3, -0.25) is 0 Å². The minimum Gasteiger partial charge on any atom is -0.370 e. The Morgan fingerprint density at radius 1 is 1.26 bits per heavy atom. The number of hydrogen-bond acceptors (Lipinski definition) is 3. The summed E-state index contributed by atoms with van der Waals surface area (Å²) in [6, 6.07) is 5.18. The van der Waals surface area contributed by atoms with Crippen molar-refractivity contribution in [3.05, 3.63) is 18.3 Å². The van der Waals surface area contributed by atoms with E-state index in [1.165, 1.54) is 50.8 Å². The van der Waals surface area contributed by atoms with Crippen LogP contribution >= 0.6 is 0 Å². The van der Waals surface area contributed by atoms with Crippen LogP contribution in [0.5, 0.6) is 0 Å². The Morgan fingerprint density at radius 2 is 2.11 bits per heavy atom. The van der Waals surface area contributed by atoms with Gasteiger partial charge in [0.1, 0.15) is 5.82 Å². The van der Waals surface area contributed by atoms with Crippen LogP contribution in [0.25, 0.3) is 0 Å². The van der Waals surface area contributed by atoms with Gasteiger partial charge in [0.25, 0.3) is 0 Å². The molecule has 2 aliphatic rings. The first kappa shape index (κ1) is 12.8. The van der Waals surface area contributed by atoms with E-state index in [4.69, 9.17) is 0 Å². The lowest BCUT2D eigenvalue weighted by Crippen LogP contribution is -2.46. The van der Waals surface area contributed by atoms with Gasteiger partial charge in [-0.2, -0.15) is 0 Å². The number of piperidine rings is 1. The molecule has 1 aromatic heterocycles. The Kier molecular flexibility index (Phi) is 3.90. The highest BCUT2D eigenvalue weighted by atomic mass is 15.2. The number of nitrogens with zero attached hydrogens (tertiary/aromatic N) is 2. The fraction of sp³-hybridized carbons (Fsp3) is 0.688. The van der Waals surface area contributed by atoms with Gasteiger partial charge in [-0.25, -0.2) is 4.98 Å². The predicted octanol–water partition coefficient (Wildman–Crippen LogP) is 3.67. The molecule has 0 bridgehead atoms. The molecule has 0 amide bonds. The summed E-state index contributed by atoms with van der Waals surface area (Å²) in [6.07, 6.45) is 10.4. The van der Waals surface area contributed by atoms with Crippen LogP contribution in [0.15, 0.2) is 18.3 Å². The Labute approximate surface area is 116 Å². The Balaban J connectivity index is 1.81. The molecule has 0 aromatic carbocycles. The molecule has 0 radical (unpaired) electrons. The second kappa shape index (κ2) is 5.81. The highest BCUT2D eigenvalue weighted by Gasteiger charge is 2.33. The largest absolute Gasteiger partial charge is 0.370 e. The van der Waals surface area contributed by atoms with Crippen LogP contribution in [0, 0.1) is 5.92 Å². The summed E-state index contributed by atoms with van der Waals surface area (Å²) in [5.41, 5.74) is 1.36. The van der Waals surface area contributed by atoms with Crippen molar-refractivity contribution in [2.24, 2.45) is 5.92 Å². The number of anilines is 2. The lowest BCUT2D eigenvalue weighted by molar-refractivity contribution is 0.244. The van der Waals surface area contributed by atoms with Crippen LogP contribution in [0.2, 0.25) is 0 Å². The molecule has 1 saturated heterocycles. The zero-order valence-corrected chi connectivity index (χ0v) is 11.9. The van der Waals surface area contributed by atoms with Crippen molar-refractivity contribution in [1.29, 1.82) is 0 Å². The van der Waals surface area contributed by atoms with Gasteiger partial charge in [0.05, 0.1) is 0 Å². The van der Waals surface area contributed by atoms with Crippen LogP contribution in [-0.4, -0.2) is 24.1 Å². The molecule has 0 spiro atoms. The fourth-order valence-corrected chi connectivity index (χ4v) is 3.82. The first-order valence-corrected chi connectivity index (χ1v) is 7.85. The highest BCUT2D eigenvalue weighted by molar-refractivity contribution is 5.55. The van der Waals surface area contributed by atoms with Crippen molar-refractivity contribution in [2.75, 3.05) is 23.3 Å². The van der Waals surface area contributed by atoms with E-state index in [0.29, 0.717) is 0 Å². The van der Waals surface area contributed by atoms with E-state index in [1.54, 1.807) is 0 Å². The maximum atomic E-state index is 4.39. The first-order chi connectivity index (χ1) is 9.38. The van der Waals surface area contributed by atoms with Crippen molar-refractivity contribution in [3.8, 4) is 0 Å². The number of fused-ring (bicyclic) bond motifs is 1. The smallest absolute Gasteiger partial charge is 0.127 e. The van der Waals surface area contributed by atoms with Gasteiger partial charge < -0.3 is 10.2 Å². The van der Waals surface area contributed by atoms with Gasteiger partial charge in [-0.1, -0.05) is 12.8 Å². The molecule has 2 heterocycles. The third-order valence-electron chi connectivity index (χ3n) is 4.68. The maximum Gasteiger partial charge on any atom is 0.127 e. The molecule has 1 aliphatic heterocycles. The molecule has 2 unspecified atom stereocenters. The van der Waals surface area contributed by atoms with Crippen molar-refractivity contribution in [2.45, 2.75) is 51.5 Å². The van der Waals surface area contributed by atoms with Crippen LogP contribution < -0.4 is 10.2 Å². The Bertz CT molecular complexity index is 416. The zero-order chi connectivity index (χ0) is 13.1. The van der Waals surface area contributed by atoms with Crippen molar-refractivity contribution in [1.82, 2.24) is 4.98 Å². The summed E-state index contributed by atoms with van der Waals surface area (Å²) < 4.78 is 0. The number of aromatic nitrogens is 1. The minimum absolute atomic E-state index is 0.777. The maximum absolute atomic E-state index is 4.39. The van der Waals surface area contributed by atoms with Crippen LogP contribution in [0.3, 0.4) is 0 Å². The second-order valence-electron chi connectivity index (χ2n) is 5.88. The van der Waals surface area contributed by atoms with Crippen molar-refractivity contribution < 1.29 is 0 Å². The molecular weight excluding hydrogens is 234 g/mol. The van der Waals surface area contributed by atoms with E-state index in [9.17, 15) is 0 Å². The first-order valence-electron chi connectivity index (χ1n) is 7.85. The molecule has 2 fully saturated rings. The number of nitrogens with one attached hydrogen (secondary N) is 1. The molecule has 1 saturated carbocycles. The number of pyridine rings is 1. The van der Waals surface area contributed by atoms with Crippen molar-refractivity contribution in [3.63, 3.8) is 0 Å². The summed E-state index contributed by atoms with van der Waals surface area (Å²) >= 11 is 0. The SMILES string of the molecule is CCNc1cc(N2CCCC3CCCCC32)ccn1. The second-order valence-corrected chi connectivity index (χ2v) is 5.88. The molecule has 104 valence electrons. The van der Waals surface area contributed by atoms with Gasteiger partial charge in [0.2, 0.25) is 0 Å². The van der Waals surface area contributed by atoms with E-state index in [1.807, 2.05) is 6.20 Å². The topological polar surface area (TPSA) is 28.2 Å². The van der Waals surface area contributed by atoms with E-state index in [2.05, 4.69) is 34.3 Å². The lowest BCUT2D eigenvalue weighted by Gasteiger charge is -2.45. The van der Waals surface area contributed by atoms with Gasteiger partial charge >= 0.3 is 0 Å². The molecule has 3 heteroatoms. The average Bonchev–Trinajstić information content (AvgIpc) is 2.47. The summed E-state index contributed by atoms with van der Waals surface area (Å²) in [5.74, 6) is 1.94. The molecule has 1 N–H and O–H groups in total. The lowest BCUT2D eigenvalue weighted by atomic mass is 9.78. The van der Waals surface area contributed by atoms with Gasteiger partial charge in [0.15, 0.2) is 0 Å². The van der Waals surface area contributed by atoms with Crippen LogP contribution in [0.1, 0.15) is 45.4 Å². The van der Waals surface area contributed by atoms with Crippen LogP contribution in [-0.2, 0) is 0 Å². The van der Waals surface area contributed by atoms with Gasteiger partial charge in [0, 0.05) is 37.1 Å². The Hall–Kier alpha value is -1.25. The van der Waals surface area contributed by atoms with Gasteiger partial charge in [-0.05, 0) is 44.6 Å². The number of hydrogen-bond donors (Lipinski definition) is 1. The standard InChI is InChI=1S/C16H25N3/c1-2-17-16-12-14(9-10-18-16)19-11-5-7-13-6-3-4-8-15(13)19/h9-10,12-13,15H,2-8,11H2,1H3,(H,17,18). The molecule has 19 heavy (non-hydrogen) atoms. The molecule has 3 rings (SSSR count). The summed E-state index contributed by atoms with van der Waals surface area (Å²) in [5, 5.41) is 3.32. The predicted molar refractivity (Wildman–Crippen MR) is 80.7 cm³/mol. The third-order valence-corrected chi connectivity index (χ3v) is 4.68. The molecule has 2 atom stereocenters. The van der Waals surface area contributed by atoms with Crippen molar-refractivity contribution >= 4 is 11.5 Å². The average molecular weight is 259 g/mol. The number of rotatable bonds is 3. The molecule has 3 nitrogen and oxygen atoms in total. The monoisotopic (exact) mass is 259 g/mol. The van der Waals surface area contributed by atoms with E-state index >= 15 is 0 Å². The van der Waals surface area contributed by atoms with Crippen LogP contribution in [0.4, 0.5) is 11.5 Å². The molecular formula is C16H25N3. The summed E-state index contributed by atoms with van der Waals surface area (Å²) in [7, 11) is 0. The highest BCUT2D eigenvalue weighted by Crippen LogP contribution is 2.37. The van der Waals surface area contributed by atoms with E-state index in [0.717, 1.165) is 24.3 Å².